The zero-order valence-electron chi connectivity index (χ0n) is 12.2. The Balaban J connectivity index is 2.30. The van der Waals surface area contributed by atoms with Crippen LogP contribution in [0.1, 0.15) is 0 Å². The molecule has 0 aliphatic rings. The van der Waals surface area contributed by atoms with Crippen LogP contribution in [0.4, 0.5) is 0 Å². The molecule has 0 aliphatic carbocycles. The fraction of sp³-hybridized carbons (Fsp3) is 0.0556. The van der Waals surface area contributed by atoms with E-state index in [1.54, 1.807) is 24.3 Å². The minimum Gasteiger partial charge on any atom is -0.508 e. The number of thioether (sulfide) groups is 1. The van der Waals surface area contributed by atoms with Gasteiger partial charge in [-0.15, -0.1) is 6.58 Å². The molecule has 0 fully saturated rings. The maximum atomic E-state index is 12.9. The van der Waals surface area contributed by atoms with Crippen molar-refractivity contribution in [1.29, 1.82) is 0 Å². The van der Waals surface area contributed by atoms with E-state index in [0.29, 0.717) is 32.9 Å². The molecule has 0 saturated heterocycles. The van der Waals surface area contributed by atoms with Crippen LogP contribution in [-0.2, 0) is 0 Å². The van der Waals surface area contributed by atoms with Gasteiger partial charge in [-0.3, -0.25) is 4.79 Å². The van der Waals surface area contributed by atoms with Gasteiger partial charge in [0, 0.05) is 11.8 Å². The number of rotatable bonds is 4. The monoisotopic (exact) mass is 326 g/mol. The molecule has 0 unspecified atom stereocenters. The van der Waals surface area contributed by atoms with Gasteiger partial charge in [0.25, 0.3) is 0 Å². The summed E-state index contributed by atoms with van der Waals surface area (Å²) in [5, 5.41) is 19.9. The molecule has 0 saturated carbocycles. The molecule has 0 atom stereocenters. The average molecular weight is 326 g/mol. The van der Waals surface area contributed by atoms with Gasteiger partial charge in [0.05, 0.1) is 10.9 Å². The molecule has 4 nitrogen and oxygen atoms in total. The Morgan fingerprint density at radius 2 is 1.78 bits per heavy atom. The normalized spacial score (nSPS) is 10.8. The van der Waals surface area contributed by atoms with Crippen LogP contribution in [0.3, 0.4) is 0 Å². The highest BCUT2D eigenvalue weighted by molar-refractivity contribution is 7.99. The number of phenolic OH excluding ortho intramolecular Hbond substituents is 2. The van der Waals surface area contributed by atoms with Gasteiger partial charge in [-0.25, -0.2) is 0 Å². The Morgan fingerprint density at radius 1 is 1.09 bits per heavy atom. The third-order valence-electron chi connectivity index (χ3n) is 3.33. The second kappa shape index (κ2) is 6.22. The molecule has 2 aromatic carbocycles. The zero-order valence-corrected chi connectivity index (χ0v) is 13.0. The summed E-state index contributed by atoms with van der Waals surface area (Å²) in [5.74, 6) is 0.750. The van der Waals surface area contributed by atoms with Gasteiger partial charge in [0.1, 0.15) is 17.1 Å². The summed E-state index contributed by atoms with van der Waals surface area (Å²) in [6.45, 7) is 3.67. The summed E-state index contributed by atoms with van der Waals surface area (Å²) in [4.78, 5) is 12.9. The fourth-order valence-electron chi connectivity index (χ4n) is 2.27. The topological polar surface area (TPSA) is 70.7 Å². The fourth-order valence-corrected chi connectivity index (χ4v) is 3.05. The van der Waals surface area contributed by atoms with E-state index in [1.165, 1.54) is 36.0 Å². The molecule has 2 N–H and O–H groups in total. The maximum Gasteiger partial charge on any atom is 0.201 e. The standard InChI is InChI=1S/C18H14O4S/c1-2-9-23-18-16(11-3-5-12(19)6-4-11)17(21)14-8-7-13(20)10-15(14)22-18/h2-8,10,19-20H,1,9H2. The molecule has 0 bridgehead atoms. The van der Waals surface area contributed by atoms with Crippen LogP contribution < -0.4 is 5.43 Å². The molecule has 23 heavy (non-hydrogen) atoms. The van der Waals surface area contributed by atoms with Crippen LogP contribution in [0.25, 0.3) is 22.1 Å². The number of fused-ring (bicyclic) bond motifs is 1. The molecule has 0 spiro atoms. The molecule has 3 rings (SSSR count). The lowest BCUT2D eigenvalue weighted by molar-refractivity contribution is 0.468. The first-order valence-electron chi connectivity index (χ1n) is 6.93. The number of hydrogen-bond acceptors (Lipinski definition) is 5. The highest BCUT2D eigenvalue weighted by atomic mass is 32.2. The minimum absolute atomic E-state index is 0.0395. The average Bonchev–Trinajstić information content (AvgIpc) is 2.54. The first kappa shape index (κ1) is 15.2. The Morgan fingerprint density at radius 3 is 2.48 bits per heavy atom. The van der Waals surface area contributed by atoms with Crippen molar-refractivity contribution in [2.24, 2.45) is 0 Å². The molecule has 1 aromatic heterocycles. The summed E-state index contributed by atoms with van der Waals surface area (Å²) < 4.78 is 5.83. The highest BCUT2D eigenvalue weighted by Crippen LogP contribution is 2.33. The lowest BCUT2D eigenvalue weighted by Crippen LogP contribution is -2.07. The van der Waals surface area contributed by atoms with Crippen molar-refractivity contribution in [1.82, 2.24) is 0 Å². The van der Waals surface area contributed by atoms with E-state index in [4.69, 9.17) is 4.42 Å². The third kappa shape index (κ3) is 2.96. The van der Waals surface area contributed by atoms with Gasteiger partial charge in [-0.1, -0.05) is 30.0 Å². The third-order valence-corrected chi connectivity index (χ3v) is 4.28. The van der Waals surface area contributed by atoms with Gasteiger partial charge in [0.15, 0.2) is 5.09 Å². The molecular formula is C18H14O4S. The van der Waals surface area contributed by atoms with Gasteiger partial charge < -0.3 is 14.6 Å². The van der Waals surface area contributed by atoms with E-state index in [-0.39, 0.29) is 16.9 Å². The van der Waals surface area contributed by atoms with Crippen molar-refractivity contribution < 1.29 is 14.6 Å². The number of aromatic hydroxyl groups is 2. The van der Waals surface area contributed by atoms with Crippen LogP contribution >= 0.6 is 11.8 Å². The van der Waals surface area contributed by atoms with Crippen LogP contribution in [0, 0.1) is 0 Å². The lowest BCUT2D eigenvalue weighted by atomic mass is 10.1. The Hall–Kier alpha value is -2.66. The summed E-state index contributed by atoms with van der Waals surface area (Å²) in [7, 11) is 0. The smallest absolute Gasteiger partial charge is 0.201 e. The van der Waals surface area contributed by atoms with Crippen LogP contribution in [-0.4, -0.2) is 16.0 Å². The Kier molecular flexibility index (Phi) is 4.12. The SMILES string of the molecule is C=CCSc1oc2cc(O)ccc2c(=O)c1-c1ccc(O)cc1. The summed E-state index contributed by atoms with van der Waals surface area (Å²) >= 11 is 1.35. The summed E-state index contributed by atoms with van der Waals surface area (Å²) in [6.07, 6.45) is 1.72. The maximum absolute atomic E-state index is 12.9. The Bertz CT molecular complexity index is 926. The molecule has 0 aliphatic heterocycles. The predicted octanol–water partition coefficient (Wildman–Crippen LogP) is 4.15. The van der Waals surface area contributed by atoms with Crippen molar-refractivity contribution in [3.63, 3.8) is 0 Å². The van der Waals surface area contributed by atoms with E-state index >= 15 is 0 Å². The molecular weight excluding hydrogens is 312 g/mol. The second-order valence-corrected chi connectivity index (χ2v) is 5.91. The van der Waals surface area contributed by atoms with Gasteiger partial charge >= 0.3 is 0 Å². The number of benzene rings is 2. The van der Waals surface area contributed by atoms with Crippen molar-refractivity contribution in [3.05, 3.63) is 65.3 Å². The van der Waals surface area contributed by atoms with Crippen LogP contribution in [0.15, 0.2) is 69.4 Å². The van der Waals surface area contributed by atoms with Gasteiger partial charge in [-0.2, -0.15) is 0 Å². The van der Waals surface area contributed by atoms with E-state index in [0.717, 1.165) is 0 Å². The Labute approximate surface area is 136 Å². The number of phenols is 2. The first-order valence-corrected chi connectivity index (χ1v) is 7.91. The molecule has 5 heteroatoms. The molecule has 0 radical (unpaired) electrons. The largest absolute Gasteiger partial charge is 0.508 e. The van der Waals surface area contributed by atoms with Crippen LogP contribution in [0.2, 0.25) is 0 Å². The molecule has 0 amide bonds. The predicted molar refractivity (Wildman–Crippen MR) is 92.2 cm³/mol. The number of hydrogen-bond donors (Lipinski definition) is 2. The summed E-state index contributed by atoms with van der Waals surface area (Å²) in [6, 6.07) is 10.8. The van der Waals surface area contributed by atoms with Gasteiger partial charge in [-0.05, 0) is 29.8 Å². The zero-order chi connectivity index (χ0) is 16.4. The van der Waals surface area contributed by atoms with E-state index in [9.17, 15) is 15.0 Å². The first-order chi connectivity index (χ1) is 11.1. The highest BCUT2D eigenvalue weighted by Gasteiger charge is 2.17. The second-order valence-electron chi connectivity index (χ2n) is 4.92. The van der Waals surface area contributed by atoms with E-state index < -0.39 is 0 Å². The lowest BCUT2D eigenvalue weighted by Gasteiger charge is -2.09. The van der Waals surface area contributed by atoms with E-state index in [2.05, 4.69) is 6.58 Å². The molecule has 116 valence electrons. The molecule has 3 aromatic rings. The van der Waals surface area contributed by atoms with Crippen molar-refractivity contribution in [3.8, 4) is 22.6 Å². The van der Waals surface area contributed by atoms with Crippen LogP contribution in [0.5, 0.6) is 11.5 Å². The van der Waals surface area contributed by atoms with E-state index in [1.807, 2.05) is 0 Å². The minimum atomic E-state index is -0.177. The molecule has 1 heterocycles. The van der Waals surface area contributed by atoms with Gasteiger partial charge in [0.2, 0.25) is 5.43 Å². The van der Waals surface area contributed by atoms with Crippen molar-refractivity contribution >= 4 is 22.7 Å². The van der Waals surface area contributed by atoms with Crippen molar-refractivity contribution in [2.45, 2.75) is 5.09 Å². The van der Waals surface area contributed by atoms with Crippen molar-refractivity contribution in [2.75, 3.05) is 5.75 Å². The summed E-state index contributed by atoms with van der Waals surface area (Å²) in [5.41, 5.74) is 1.26. The quantitative estimate of drug-likeness (QED) is 0.557.